The van der Waals surface area contributed by atoms with Crippen molar-refractivity contribution in [3.63, 3.8) is 0 Å². The van der Waals surface area contributed by atoms with Crippen molar-refractivity contribution >= 4 is 0 Å². The van der Waals surface area contributed by atoms with Crippen LogP contribution in [0.2, 0.25) is 0 Å². The van der Waals surface area contributed by atoms with Gasteiger partial charge in [-0.05, 0) is 36.8 Å². The molecule has 0 aromatic carbocycles. The van der Waals surface area contributed by atoms with Crippen LogP contribution in [0.1, 0.15) is 45.2 Å². The highest BCUT2D eigenvalue weighted by atomic mass is 16.5. The summed E-state index contributed by atoms with van der Waals surface area (Å²) >= 11 is 0. The predicted octanol–water partition coefficient (Wildman–Crippen LogP) is 3.09. The lowest BCUT2D eigenvalue weighted by atomic mass is 9.70. The summed E-state index contributed by atoms with van der Waals surface area (Å²) in [6.07, 6.45) is 6.29. The van der Waals surface area contributed by atoms with Gasteiger partial charge in [-0.2, -0.15) is 0 Å². The van der Waals surface area contributed by atoms with Gasteiger partial charge in [-0.15, -0.1) is 0 Å². The van der Waals surface area contributed by atoms with Crippen LogP contribution in [-0.4, -0.2) is 12.1 Å². The van der Waals surface area contributed by atoms with Crippen molar-refractivity contribution in [2.24, 2.45) is 17.6 Å². The molecule has 0 amide bonds. The topological polar surface area (TPSA) is 48.1 Å². The van der Waals surface area contributed by atoms with Gasteiger partial charge in [0.1, 0.15) is 11.4 Å². The zero-order valence-electron chi connectivity index (χ0n) is 11.6. The van der Waals surface area contributed by atoms with Gasteiger partial charge in [-0.25, -0.2) is 0 Å². The Morgan fingerprint density at radius 1 is 1.50 bits per heavy atom. The number of rotatable bonds is 3. The first-order chi connectivity index (χ1) is 8.57. The van der Waals surface area contributed by atoms with Gasteiger partial charge in [0, 0.05) is 6.20 Å². The maximum atomic E-state index is 6.64. The summed E-state index contributed by atoms with van der Waals surface area (Å²) in [4.78, 5) is 4.49. The lowest BCUT2D eigenvalue weighted by molar-refractivity contribution is 0.176. The second-order valence-electron chi connectivity index (χ2n) is 5.81. The summed E-state index contributed by atoms with van der Waals surface area (Å²) in [6, 6.07) is 3.85. The Kier molecular flexibility index (Phi) is 3.91. The third kappa shape index (κ3) is 2.51. The first-order valence-electron chi connectivity index (χ1n) is 6.85. The number of hydrogen-bond donors (Lipinski definition) is 1. The van der Waals surface area contributed by atoms with Crippen molar-refractivity contribution in [2.45, 2.75) is 45.1 Å². The van der Waals surface area contributed by atoms with Gasteiger partial charge in [0.25, 0.3) is 0 Å². The zero-order valence-corrected chi connectivity index (χ0v) is 11.6. The standard InChI is InChI=1S/C15H24N2O/c1-11(2)12-6-4-8-15(16,10-12)14-13(18-3)7-5-9-17-14/h5,7,9,11-12H,4,6,8,10,16H2,1-3H3. The van der Waals surface area contributed by atoms with Crippen LogP contribution in [0, 0.1) is 11.8 Å². The van der Waals surface area contributed by atoms with Gasteiger partial charge in [-0.1, -0.05) is 26.7 Å². The Morgan fingerprint density at radius 2 is 2.28 bits per heavy atom. The molecule has 1 aromatic heterocycles. The Labute approximate surface area is 110 Å². The number of ether oxygens (including phenoxy) is 1. The minimum Gasteiger partial charge on any atom is -0.495 e. The third-order valence-corrected chi connectivity index (χ3v) is 4.23. The molecule has 0 aliphatic heterocycles. The number of nitrogens with two attached hydrogens (primary N) is 1. The molecule has 2 atom stereocenters. The molecule has 3 nitrogen and oxygen atoms in total. The van der Waals surface area contributed by atoms with Crippen molar-refractivity contribution in [2.75, 3.05) is 7.11 Å². The van der Waals surface area contributed by atoms with Crippen molar-refractivity contribution in [1.29, 1.82) is 0 Å². The van der Waals surface area contributed by atoms with Crippen LogP contribution in [-0.2, 0) is 5.54 Å². The third-order valence-electron chi connectivity index (χ3n) is 4.23. The summed E-state index contributed by atoms with van der Waals surface area (Å²) in [6.45, 7) is 4.57. The molecule has 0 radical (unpaired) electrons. The first-order valence-corrected chi connectivity index (χ1v) is 6.85. The van der Waals surface area contributed by atoms with Crippen molar-refractivity contribution in [1.82, 2.24) is 4.98 Å². The minimum atomic E-state index is -0.320. The van der Waals surface area contributed by atoms with Crippen LogP contribution in [0.5, 0.6) is 5.75 Å². The maximum Gasteiger partial charge on any atom is 0.142 e. The second-order valence-corrected chi connectivity index (χ2v) is 5.81. The van der Waals surface area contributed by atoms with Crippen molar-refractivity contribution in [3.8, 4) is 5.75 Å². The fourth-order valence-corrected chi connectivity index (χ4v) is 3.06. The molecular formula is C15H24N2O. The molecule has 18 heavy (non-hydrogen) atoms. The van der Waals surface area contributed by atoms with Gasteiger partial charge in [0.2, 0.25) is 0 Å². The number of hydrogen-bond acceptors (Lipinski definition) is 3. The van der Waals surface area contributed by atoms with E-state index in [1.165, 1.54) is 12.8 Å². The second kappa shape index (κ2) is 5.27. The molecule has 0 spiro atoms. The van der Waals surface area contributed by atoms with Crippen molar-refractivity contribution in [3.05, 3.63) is 24.0 Å². The number of nitrogens with zero attached hydrogens (tertiary/aromatic N) is 1. The fraction of sp³-hybridized carbons (Fsp3) is 0.667. The summed E-state index contributed by atoms with van der Waals surface area (Å²) in [5.74, 6) is 2.20. The predicted molar refractivity (Wildman–Crippen MR) is 73.5 cm³/mol. The molecule has 2 unspecified atom stereocenters. The van der Waals surface area contributed by atoms with Crippen LogP contribution in [0.25, 0.3) is 0 Å². The Hall–Kier alpha value is -1.09. The fourth-order valence-electron chi connectivity index (χ4n) is 3.06. The highest BCUT2D eigenvalue weighted by Crippen LogP contribution is 2.42. The minimum absolute atomic E-state index is 0.320. The van der Waals surface area contributed by atoms with E-state index in [-0.39, 0.29) is 5.54 Å². The molecule has 1 aromatic rings. The number of pyridine rings is 1. The largest absolute Gasteiger partial charge is 0.495 e. The lowest BCUT2D eigenvalue weighted by Gasteiger charge is -2.39. The van der Waals surface area contributed by atoms with E-state index < -0.39 is 0 Å². The van der Waals surface area contributed by atoms with Gasteiger partial charge in [0.05, 0.1) is 12.6 Å². The Morgan fingerprint density at radius 3 is 2.94 bits per heavy atom. The quantitative estimate of drug-likeness (QED) is 0.894. The van der Waals surface area contributed by atoms with Crippen LogP contribution >= 0.6 is 0 Å². The van der Waals surface area contributed by atoms with E-state index in [0.29, 0.717) is 11.8 Å². The average Bonchev–Trinajstić information content (AvgIpc) is 2.38. The van der Waals surface area contributed by atoms with Gasteiger partial charge < -0.3 is 10.5 Å². The van der Waals surface area contributed by atoms with Gasteiger partial charge in [-0.3, -0.25) is 4.98 Å². The van der Waals surface area contributed by atoms with E-state index in [9.17, 15) is 0 Å². The molecule has 0 bridgehead atoms. The number of aromatic nitrogens is 1. The molecule has 1 fully saturated rings. The van der Waals surface area contributed by atoms with Crippen molar-refractivity contribution < 1.29 is 4.74 Å². The summed E-state index contributed by atoms with van der Waals surface area (Å²) in [7, 11) is 1.69. The first kappa shape index (κ1) is 13.3. The summed E-state index contributed by atoms with van der Waals surface area (Å²) < 4.78 is 5.42. The SMILES string of the molecule is COc1cccnc1C1(N)CCCC(C(C)C)C1. The lowest BCUT2D eigenvalue weighted by Crippen LogP contribution is -2.43. The summed E-state index contributed by atoms with van der Waals surface area (Å²) in [5, 5.41) is 0. The molecule has 1 saturated carbocycles. The maximum absolute atomic E-state index is 6.64. The molecule has 2 N–H and O–H groups in total. The molecule has 3 heteroatoms. The van der Waals surface area contributed by atoms with Gasteiger partial charge in [0.15, 0.2) is 0 Å². The molecule has 1 heterocycles. The van der Waals surface area contributed by atoms with Crippen LogP contribution < -0.4 is 10.5 Å². The van der Waals surface area contributed by atoms with Crippen LogP contribution in [0.4, 0.5) is 0 Å². The Balaban J connectivity index is 2.29. The molecule has 0 saturated heterocycles. The average molecular weight is 248 g/mol. The zero-order chi connectivity index (χ0) is 13.2. The molecule has 1 aliphatic rings. The van der Waals surface area contributed by atoms with E-state index in [4.69, 9.17) is 10.5 Å². The molecule has 2 rings (SSSR count). The molecule has 1 aliphatic carbocycles. The monoisotopic (exact) mass is 248 g/mol. The van der Waals surface area contributed by atoms with Gasteiger partial charge >= 0.3 is 0 Å². The highest BCUT2D eigenvalue weighted by Gasteiger charge is 2.38. The molecular weight excluding hydrogens is 224 g/mol. The van der Waals surface area contributed by atoms with E-state index in [1.807, 2.05) is 18.3 Å². The van der Waals surface area contributed by atoms with E-state index in [1.54, 1.807) is 7.11 Å². The Bertz CT molecular complexity index is 405. The normalized spacial score (nSPS) is 28.4. The highest BCUT2D eigenvalue weighted by molar-refractivity contribution is 5.33. The summed E-state index contributed by atoms with van der Waals surface area (Å²) in [5.41, 5.74) is 7.25. The smallest absolute Gasteiger partial charge is 0.142 e. The van der Waals surface area contributed by atoms with E-state index >= 15 is 0 Å². The van der Waals surface area contributed by atoms with Crippen LogP contribution in [0.15, 0.2) is 18.3 Å². The number of methoxy groups -OCH3 is 1. The van der Waals surface area contributed by atoms with Crippen LogP contribution in [0.3, 0.4) is 0 Å². The van der Waals surface area contributed by atoms with E-state index in [0.717, 1.165) is 24.3 Å². The molecule has 100 valence electrons. The van der Waals surface area contributed by atoms with E-state index in [2.05, 4.69) is 18.8 Å².